The first-order valence-corrected chi connectivity index (χ1v) is 7.46. The minimum absolute atomic E-state index is 0.148. The highest BCUT2D eigenvalue weighted by Crippen LogP contribution is 2.16. The van der Waals surface area contributed by atoms with Crippen LogP contribution in [0.3, 0.4) is 0 Å². The number of carbonyl (C=O) groups excluding carboxylic acids is 1. The lowest BCUT2D eigenvalue weighted by Crippen LogP contribution is -2.32. The van der Waals surface area contributed by atoms with Crippen molar-refractivity contribution in [1.82, 2.24) is 15.1 Å². The number of carbonyl (C=O) groups is 1. The third-order valence-electron chi connectivity index (χ3n) is 3.61. The highest BCUT2D eigenvalue weighted by molar-refractivity contribution is 5.92. The topological polar surface area (TPSA) is 73.2 Å². The Morgan fingerprint density at radius 3 is 2.74 bits per heavy atom. The third kappa shape index (κ3) is 4.26. The lowest BCUT2D eigenvalue weighted by Gasteiger charge is -2.16. The van der Waals surface area contributed by atoms with Gasteiger partial charge in [0, 0.05) is 13.2 Å². The zero-order valence-electron chi connectivity index (χ0n) is 13.6. The summed E-state index contributed by atoms with van der Waals surface area (Å²) in [4.78, 5) is 24.1. The maximum absolute atomic E-state index is 12.4. The van der Waals surface area contributed by atoms with E-state index in [1.807, 2.05) is 38.1 Å². The van der Waals surface area contributed by atoms with E-state index < -0.39 is 0 Å². The molecular formula is C17H21N3O3. The monoisotopic (exact) mass is 315 g/mol. The van der Waals surface area contributed by atoms with Gasteiger partial charge in [-0.05, 0) is 31.0 Å². The Balaban J connectivity index is 2.14. The molecule has 1 heterocycles. The summed E-state index contributed by atoms with van der Waals surface area (Å²) >= 11 is 0. The molecular weight excluding hydrogens is 294 g/mol. The second kappa shape index (κ2) is 7.69. The lowest BCUT2D eigenvalue weighted by atomic mass is 10.0. The SMILES string of the molecule is COCCn1nc(C(=O)NC(C)c2ccccc2C)ccc1=O. The number of hydrogen-bond acceptors (Lipinski definition) is 4. The van der Waals surface area contributed by atoms with Crippen LogP contribution in [0.25, 0.3) is 0 Å². The molecule has 1 aromatic carbocycles. The predicted octanol–water partition coefficient (Wildman–Crippen LogP) is 1.69. The maximum Gasteiger partial charge on any atom is 0.272 e. The van der Waals surface area contributed by atoms with Crippen LogP contribution in [0.5, 0.6) is 0 Å². The molecule has 0 fully saturated rings. The summed E-state index contributed by atoms with van der Waals surface area (Å²) in [5.74, 6) is -0.313. The number of rotatable bonds is 6. The van der Waals surface area contributed by atoms with Gasteiger partial charge in [0.1, 0.15) is 5.69 Å². The zero-order valence-corrected chi connectivity index (χ0v) is 13.6. The summed E-state index contributed by atoms with van der Waals surface area (Å²) in [6, 6.07) is 10.5. The van der Waals surface area contributed by atoms with Crippen molar-refractivity contribution in [2.45, 2.75) is 26.4 Å². The number of amides is 1. The fourth-order valence-electron chi connectivity index (χ4n) is 2.33. The largest absolute Gasteiger partial charge is 0.383 e. The Hall–Kier alpha value is -2.47. The average Bonchev–Trinajstić information content (AvgIpc) is 2.54. The third-order valence-corrected chi connectivity index (χ3v) is 3.61. The summed E-state index contributed by atoms with van der Waals surface area (Å²) in [6.45, 7) is 4.59. The molecule has 1 unspecified atom stereocenters. The van der Waals surface area contributed by atoms with Crippen molar-refractivity contribution < 1.29 is 9.53 Å². The van der Waals surface area contributed by atoms with Crippen molar-refractivity contribution in [2.75, 3.05) is 13.7 Å². The number of methoxy groups -OCH3 is 1. The van der Waals surface area contributed by atoms with Gasteiger partial charge in [0.25, 0.3) is 11.5 Å². The van der Waals surface area contributed by atoms with Crippen LogP contribution in [0, 0.1) is 6.92 Å². The molecule has 1 atom stereocenters. The smallest absolute Gasteiger partial charge is 0.272 e. The van der Waals surface area contributed by atoms with Crippen LogP contribution in [0.15, 0.2) is 41.2 Å². The van der Waals surface area contributed by atoms with Gasteiger partial charge >= 0.3 is 0 Å². The molecule has 6 heteroatoms. The number of nitrogens with one attached hydrogen (secondary N) is 1. The number of aryl methyl sites for hydroxylation is 1. The van der Waals surface area contributed by atoms with E-state index in [-0.39, 0.29) is 23.2 Å². The highest BCUT2D eigenvalue weighted by Gasteiger charge is 2.15. The van der Waals surface area contributed by atoms with Crippen molar-refractivity contribution in [3.8, 4) is 0 Å². The molecule has 1 amide bonds. The second-order valence-electron chi connectivity index (χ2n) is 5.32. The molecule has 2 aromatic rings. The van der Waals surface area contributed by atoms with Gasteiger partial charge in [0.2, 0.25) is 0 Å². The first-order chi connectivity index (χ1) is 11.0. The van der Waals surface area contributed by atoms with Crippen molar-refractivity contribution in [3.63, 3.8) is 0 Å². The van der Waals surface area contributed by atoms with Crippen LogP contribution >= 0.6 is 0 Å². The molecule has 2 rings (SSSR count). The molecule has 0 saturated carbocycles. The molecule has 1 aromatic heterocycles. The fourth-order valence-corrected chi connectivity index (χ4v) is 2.33. The summed E-state index contributed by atoms with van der Waals surface area (Å²) < 4.78 is 6.17. The Bertz CT molecular complexity index is 740. The molecule has 1 N–H and O–H groups in total. The van der Waals surface area contributed by atoms with Crippen LogP contribution in [-0.4, -0.2) is 29.4 Å². The summed E-state index contributed by atoms with van der Waals surface area (Å²) in [5, 5.41) is 7.00. The van der Waals surface area contributed by atoms with Gasteiger partial charge in [-0.1, -0.05) is 24.3 Å². The number of benzene rings is 1. The van der Waals surface area contributed by atoms with E-state index in [1.165, 1.54) is 16.8 Å². The molecule has 0 aliphatic carbocycles. The van der Waals surface area contributed by atoms with E-state index in [0.717, 1.165) is 11.1 Å². The summed E-state index contributed by atoms with van der Waals surface area (Å²) in [6.07, 6.45) is 0. The Labute approximate surface area is 135 Å². The second-order valence-corrected chi connectivity index (χ2v) is 5.32. The van der Waals surface area contributed by atoms with Gasteiger partial charge < -0.3 is 10.1 Å². The fraction of sp³-hybridized carbons (Fsp3) is 0.353. The van der Waals surface area contributed by atoms with E-state index in [1.54, 1.807) is 7.11 Å². The predicted molar refractivity (Wildman–Crippen MR) is 87.4 cm³/mol. The van der Waals surface area contributed by atoms with E-state index >= 15 is 0 Å². The quantitative estimate of drug-likeness (QED) is 0.880. The Morgan fingerprint density at radius 2 is 2.04 bits per heavy atom. The first kappa shape index (κ1) is 16.9. The van der Waals surface area contributed by atoms with Crippen LogP contribution in [0.4, 0.5) is 0 Å². The van der Waals surface area contributed by atoms with Gasteiger partial charge in [0.15, 0.2) is 0 Å². The van der Waals surface area contributed by atoms with Gasteiger partial charge in [-0.15, -0.1) is 0 Å². The van der Waals surface area contributed by atoms with Gasteiger partial charge in [-0.3, -0.25) is 9.59 Å². The minimum Gasteiger partial charge on any atom is -0.383 e. The summed E-state index contributed by atoms with van der Waals surface area (Å²) in [5.41, 5.74) is 2.11. The van der Waals surface area contributed by atoms with Crippen molar-refractivity contribution in [2.24, 2.45) is 0 Å². The number of aromatic nitrogens is 2. The molecule has 0 bridgehead atoms. The lowest BCUT2D eigenvalue weighted by molar-refractivity contribution is 0.0931. The maximum atomic E-state index is 12.4. The molecule has 0 aliphatic rings. The first-order valence-electron chi connectivity index (χ1n) is 7.46. The molecule has 23 heavy (non-hydrogen) atoms. The molecule has 0 aliphatic heterocycles. The normalized spacial score (nSPS) is 12.0. The Morgan fingerprint density at radius 1 is 1.30 bits per heavy atom. The Kier molecular flexibility index (Phi) is 5.65. The highest BCUT2D eigenvalue weighted by atomic mass is 16.5. The number of nitrogens with zero attached hydrogens (tertiary/aromatic N) is 2. The van der Waals surface area contributed by atoms with Crippen LogP contribution in [0.1, 0.15) is 34.6 Å². The number of hydrogen-bond donors (Lipinski definition) is 1. The van der Waals surface area contributed by atoms with Gasteiger partial charge in [-0.2, -0.15) is 5.10 Å². The van der Waals surface area contributed by atoms with Crippen LogP contribution < -0.4 is 10.9 Å². The van der Waals surface area contributed by atoms with E-state index in [4.69, 9.17) is 4.74 Å². The van der Waals surface area contributed by atoms with E-state index in [2.05, 4.69) is 10.4 Å². The molecule has 6 nitrogen and oxygen atoms in total. The zero-order chi connectivity index (χ0) is 16.8. The van der Waals surface area contributed by atoms with E-state index in [9.17, 15) is 9.59 Å². The van der Waals surface area contributed by atoms with Crippen LogP contribution in [-0.2, 0) is 11.3 Å². The van der Waals surface area contributed by atoms with Crippen molar-refractivity contribution >= 4 is 5.91 Å². The van der Waals surface area contributed by atoms with Crippen LogP contribution in [0.2, 0.25) is 0 Å². The molecule has 122 valence electrons. The molecule has 0 saturated heterocycles. The van der Waals surface area contributed by atoms with Crippen molar-refractivity contribution in [1.29, 1.82) is 0 Å². The van der Waals surface area contributed by atoms with E-state index in [0.29, 0.717) is 13.2 Å². The number of ether oxygens (including phenoxy) is 1. The average molecular weight is 315 g/mol. The molecule has 0 spiro atoms. The standard InChI is InChI=1S/C17H21N3O3/c1-12-6-4-5-7-14(12)13(2)18-17(22)15-8-9-16(21)20(19-15)10-11-23-3/h4-9,13H,10-11H2,1-3H3,(H,18,22). The van der Waals surface area contributed by atoms with Gasteiger partial charge in [-0.25, -0.2) is 4.68 Å². The van der Waals surface area contributed by atoms with Crippen molar-refractivity contribution in [3.05, 3.63) is 63.6 Å². The molecule has 0 radical (unpaired) electrons. The van der Waals surface area contributed by atoms with Gasteiger partial charge in [0.05, 0.1) is 19.2 Å². The minimum atomic E-state index is -0.313. The summed E-state index contributed by atoms with van der Waals surface area (Å²) in [7, 11) is 1.55.